The normalized spacial score (nSPS) is 17.8. The minimum absolute atomic E-state index is 0.0283. The number of hydrogen-bond donors (Lipinski definition) is 2. The van der Waals surface area contributed by atoms with Gasteiger partial charge in [0.2, 0.25) is 5.91 Å². The number of alkyl halides is 1. The number of anilines is 1. The van der Waals surface area contributed by atoms with Gasteiger partial charge < -0.3 is 9.88 Å². The van der Waals surface area contributed by atoms with Gasteiger partial charge in [0.1, 0.15) is 40.4 Å². The van der Waals surface area contributed by atoms with Crippen LogP contribution in [0.15, 0.2) is 36.9 Å². The number of carbonyl (C=O) groups excluding carboxylic acids is 1. The third-order valence-electron chi connectivity index (χ3n) is 6.09. The maximum atomic E-state index is 14.2. The average Bonchev–Trinajstić information content (AvgIpc) is 3.26. The first-order chi connectivity index (χ1) is 16.1. The molecule has 1 aromatic carbocycles. The molecule has 5 rings (SSSR count). The van der Waals surface area contributed by atoms with Crippen LogP contribution >= 0.6 is 0 Å². The van der Waals surface area contributed by atoms with Crippen molar-refractivity contribution in [3.05, 3.63) is 48.3 Å². The zero-order valence-electron chi connectivity index (χ0n) is 19.6. The molecule has 0 spiro atoms. The van der Waals surface area contributed by atoms with E-state index in [2.05, 4.69) is 30.6 Å². The molecule has 0 saturated heterocycles. The van der Waals surface area contributed by atoms with E-state index >= 15 is 0 Å². The number of hydrogen-bond acceptors (Lipinski definition) is 7. The van der Waals surface area contributed by atoms with Gasteiger partial charge in [0.05, 0.1) is 5.56 Å². The topological polar surface area (TPSA) is 111 Å². The van der Waals surface area contributed by atoms with E-state index in [9.17, 15) is 9.18 Å². The fourth-order valence-corrected chi connectivity index (χ4v) is 4.12. The van der Waals surface area contributed by atoms with Gasteiger partial charge in [0.25, 0.3) is 0 Å². The number of halogens is 1. The SMILES string of the molecule is Cc1ncc(-c2nc3c(-c4ccc5c(c4)[C@](C)(NCC(C)(C)F)C(=O)N5)ncnc3n2C)cn1. The summed E-state index contributed by atoms with van der Waals surface area (Å²) in [6, 6.07) is 5.62. The first kappa shape index (κ1) is 22.0. The summed E-state index contributed by atoms with van der Waals surface area (Å²) in [6.45, 7) is 6.56. The second kappa shape index (κ2) is 7.63. The fourth-order valence-electron chi connectivity index (χ4n) is 4.12. The van der Waals surface area contributed by atoms with Crippen LogP contribution in [0.25, 0.3) is 33.8 Å². The number of rotatable bonds is 5. The first-order valence-electron chi connectivity index (χ1n) is 10.9. The molecule has 0 unspecified atom stereocenters. The highest BCUT2D eigenvalue weighted by Crippen LogP contribution is 2.39. The van der Waals surface area contributed by atoms with Gasteiger partial charge in [-0.2, -0.15) is 0 Å². The van der Waals surface area contributed by atoms with Crippen LogP contribution in [-0.2, 0) is 17.4 Å². The van der Waals surface area contributed by atoms with Crippen LogP contribution in [-0.4, -0.2) is 47.6 Å². The Hall–Kier alpha value is -3.79. The van der Waals surface area contributed by atoms with Crippen LogP contribution in [0.4, 0.5) is 10.1 Å². The second-order valence-corrected chi connectivity index (χ2v) is 9.32. The van der Waals surface area contributed by atoms with E-state index in [1.54, 1.807) is 19.3 Å². The highest BCUT2D eigenvalue weighted by atomic mass is 19.1. The quantitative estimate of drug-likeness (QED) is 0.470. The molecule has 1 amide bonds. The van der Waals surface area contributed by atoms with Gasteiger partial charge in [0.15, 0.2) is 5.65 Å². The summed E-state index contributed by atoms with van der Waals surface area (Å²) in [5.74, 6) is 1.12. The van der Waals surface area contributed by atoms with Gasteiger partial charge in [-0.25, -0.2) is 29.3 Å². The largest absolute Gasteiger partial charge is 0.324 e. The van der Waals surface area contributed by atoms with Crippen LogP contribution in [0.3, 0.4) is 0 Å². The van der Waals surface area contributed by atoms with Crippen molar-refractivity contribution in [2.24, 2.45) is 7.05 Å². The number of aryl methyl sites for hydroxylation is 2. The van der Waals surface area contributed by atoms with Gasteiger partial charge in [-0.05, 0) is 39.8 Å². The zero-order chi connectivity index (χ0) is 24.3. The van der Waals surface area contributed by atoms with Crippen molar-refractivity contribution < 1.29 is 9.18 Å². The van der Waals surface area contributed by atoms with E-state index in [0.29, 0.717) is 34.2 Å². The molecular formula is C24H25FN8O. The molecule has 1 atom stereocenters. The molecule has 4 aromatic rings. The monoisotopic (exact) mass is 460 g/mol. The summed E-state index contributed by atoms with van der Waals surface area (Å²) < 4.78 is 16.1. The fraction of sp³-hybridized carbons (Fsp3) is 0.333. The van der Waals surface area contributed by atoms with E-state index in [1.807, 2.05) is 36.7 Å². The van der Waals surface area contributed by atoms with Crippen LogP contribution in [0, 0.1) is 6.92 Å². The number of fused-ring (bicyclic) bond motifs is 2. The maximum Gasteiger partial charge on any atom is 0.249 e. The summed E-state index contributed by atoms with van der Waals surface area (Å²) in [4.78, 5) is 35.1. The van der Waals surface area contributed by atoms with E-state index in [0.717, 1.165) is 16.7 Å². The van der Waals surface area contributed by atoms with Crippen molar-refractivity contribution in [3.8, 4) is 22.6 Å². The molecule has 34 heavy (non-hydrogen) atoms. The molecule has 0 fully saturated rings. The van der Waals surface area contributed by atoms with Gasteiger partial charge in [-0.3, -0.25) is 10.1 Å². The van der Waals surface area contributed by atoms with Gasteiger partial charge in [-0.15, -0.1) is 0 Å². The van der Waals surface area contributed by atoms with E-state index in [1.165, 1.54) is 20.2 Å². The first-order valence-corrected chi connectivity index (χ1v) is 10.9. The lowest BCUT2D eigenvalue weighted by Crippen LogP contribution is -2.49. The van der Waals surface area contributed by atoms with Gasteiger partial charge in [0, 0.05) is 42.8 Å². The number of amides is 1. The minimum atomic E-state index is -1.47. The number of nitrogens with zero attached hydrogens (tertiary/aromatic N) is 6. The third kappa shape index (κ3) is 3.60. The molecule has 2 N–H and O–H groups in total. The lowest BCUT2D eigenvalue weighted by Gasteiger charge is -2.27. The minimum Gasteiger partial charge on any atom is -0.324 e. The smallest absolute Gasteiger partial charge is 0.249 e. The summed E-state index contributed by atoms with van der Waals surface area (Å²) >= 11 is 0. The van der Waals surface area contributed by atoms with E-state index < -0.39 is 11.2 Å². The summed E-state index contributed by atoms with van der Waals surface area (Å²) in [5, 5.41) is 5.99. The molecule has 0 bridgehead atoms. The Labute approximate surface area is 195 Å². The van der Waals surface area contributed by atoms with E-state index in [4.69, 9.17) is 4.98 Å². The molecular weight excluding hydrogens is 435 g/mol. The maximum absolute atomic E-state index is 14.2. The molecule has 4 heterocycles. The second-order valence-electron chi connectivity index (χ2n) is 9.32. The third-order valence-corrected chi connectivity index (χ3v) is 6.09. The highest BCUT2D eigenvalue weighted by molar-refractivity contribution is 6.06. The van der Waals surface area contributed by atoms with Crippen molar-refractivity contribution >= 4 is 22.8 Å². The van der Waals surface area contributed by atoms with E-state index in [-0.39, 0.29) is 12.5 Å². The predicted molar refractivity (Wildman–Crippen MR) is 127 cm³/mol. The van der Waals surface area contributed by atoms with Crippen molar-refractivity contribution in [2.75, 3.05) is 11.9 Å². The number of carbonyl (C=O) groups is 1. The predicted octanol–water partition coefficient (Wildman–Crippen LogP) is 3.30. The van der Waals surface area contributed by atoms with Crippen LogP contribution in [0.1, 0.15) is 32.2 Å². The Morgan fingerprint density at radius 2 is 1.88 bits per heavy atom. The Bertz CT molecular complexity index is 1420. The Balaban J connectivity index is 1.61. The molecule has 0 aliphatic carbocycles. The molecule has 0 radical (unpaired) electrons. The van der Waals surface area contributed by atoms with Crippen molar-refractivity contribution in [3.63, 3.8) is 0 Å². The highest BCUT2D eigenvalue weighted by Gasteiger charge is 2.43. The summed E-state index contributed by atoms with van der Waals surface area (Å²) in [5.41, 5.74) is 2.34. The van der Waals surface area contributed by atoms with Crippen LogP contribution in [0.5, 0.6) is 0 Å². The molecule has 174 valence electrons. The number of imidazole rings is 1. The Morgan fingerprint density at radius 1 is 1.15 bits per heavy atom. The summed E-state index contributed by atoms with van der Waals surface area (Å²) in [7, 11) is 1.88. The van der Waals surface area contributed by atoms with Crippen molar-refractivity contribution in [1.29, 1.82) is 0 Å². The lowest BCUT2D eigenvalue weighted by molar-refractivity contribution is -0.121. The zero-order valence-corrected chi connectivity index (χ0v) is 19.6. The van der Waals surface area contributed by atoms with Gasteiger partial charge in [-0.1, -0.05) is 6.07 Å². The van der Waals surface area contributed by atoms with Crippen LogP contribution in [0.2, 0.25) is 0 Å². The molecule has 10 heteroatoms. The Morgan fingerprint density at radius 3 is 2.59 bits per heavy atom. The standard InChI is InChI=1S/C24H25FN8O/c1-13-26-9-15(10-27-13)20-32-19-18(28-12-29-21(19)33(20)5)14-6-7-17-16(8-14)24(4,22(34)31-17)30-11-23(2,3)25/h6-10,12,30H,11H2,1-5H3,(H,31,34)/t24-/m0/s1. The van der Waals surface area contributed by atoms with Crippen molar-refractivity contribution in [2.45, 2.75) is 38.9 Å². The molecule has 9 nitrogen and oxygen atoms in total. The molecule has 1 aliphatic heterocycles. The Kier molecular flexibility index (Phi) is 4.94. The molecule has 3 aromatic heterocycles. The number of benzene rings is 1. The van der Waals surface area contributed by atoms with Crippen molar-refractivity contribution in [1.82, 2.24) is 34.8 Å². The van der Waals surface area contributed by atoms with Crippen LogP contribution < -0.4 is 10.6 Å². The van der Waals surface area contributed by atoms with Gasteiger partial charge >= 0.3 is 0 Å². The number of nitrogens with one attached hydrogen (secondary N) is 2. The molecule has 0 saturated carbocycles. The molecule has 1 aliphatic rings. The average molecular weight is 461 g/mol. The number of aromatic nitrogens is 6. The summed E-state index contributed by atoms with van der Waals surface area (Å²) in [6.07, 6.45) is 4.95. The lowest BCUT2D eigenvalue weighted by atomic mass is 9.90.